The van der Waals surface area contributed by atoms with Crippen molar-refractivity contribution in [3.8, 4) is 0 Å². The van der Waals surface area contributed by atoms with Gasteiger partial charge in [-0.1, -0.05) is 69.5 Å². The molecule has 0 aliphatic carbocycles. The van der Waals surface area contributed by atoms with E-state index in [4.69, 9.17) is 23.2 Å². The standard InChI is InChI=1S/C16H15BrCl2/c17-11-13(8-12-4-2-1-3-5-12)9-14-10-15(18)6-7-16(14)19/h1-7,10,13H,8-9,11H2. The summed E-state index contributed by atoms with van der Waals surface area (Å²) >= 11 is 15.9. The van der Waals surface area contributed by atoms with Crippen molar-refractivity contribution in [1.82, 2.24) is 0 Å². The molecule has 0 saturated heterocycles. The summed E-state index contributed by atoms with van der Waals surface area (Å²) in [6, 6.07) is 16.2. The van der Waals surface area contributed by atoms with Gasteiger partial charge in [0.1, 0.15) is 0 Å². The van der Waals surface area contributed by atoms with Crippen molar-refractivity contribution < 1.29 is 0 Å². The Hall–Kier alpha value is -0.500. The molecule has 0 heterocycles. The summed E-state index contributed by atoms with van der Waals surface area (Å²) in [6.45, 7) is 0. The van der Waals surface area contributed by atoms with Gasteiger partial charge in [0.2, 0.25) is 0 Å². The second-order valence-electron chi connectivity index (χ2n) is 4.65. The fraction of sp³-hybridized carbons (Fsp3) is 0.250. The quantitative estimate of drug-likeness (QED) is 0.594. The first kappa shape index (κ1) is 14.9. The average Bonchev–Trinajstić information content (AvgIpc) is 2.43. The lowest BCUT2D eigenvalue weighted by atomic mass is 9.94. The molecule has 100 valence electrons. The number of rotatable bonds is 5. The van der Waals surface area contributed by atoms with Crippen molar-refractivity contribution in [2.45, 2.75) is 12.8 Å². The Balaban J connectivity index is 2.09. The minimum atomic E-state index is 0.512. The minimum Gasteiger partial charge on any atom is -0.0925 e. The smallest absolute Gasteiger partial charge is 0.0439 e. The average molecular weight is 358 g/mol. The molecule has 1 atom stereocenters. The maximum atomic E-state index is 6.23. The number of benzene rings is 2. The third-order valence-corrected chi connectivity index (χ3v) is 4.62. The van der Waals surface area contributed by atoms with Gasteiger partial charge in [-0.05, 0) is 48.1 Å². The van der Waals surface area contributed by atoms with Gasteiger partial charge in [0, 0.05) is 15.4 Å². The lowest BCUT2D eigenvalue weighted by molar-refractivity contribution is 0.591. The molecular weight excluding hydrogens is 343 g/mol. The molecule has 0 aliphatic rings. The summed E-state index contributed by atoms with van der Waals surface area (Å²) in [5.74, 6) is 0.512. The highest BCUT2D eigenvalue weighted by atomic mass is 79.9. The largest absolute Gasteiger partial charge is 0.0925 e. The van der Waals surface area contributed by atoms with Crippen LogP contribution in [0.25, 0.3) is 0 Å². The second-order valence-corrected chi connectivity index (χ2v) is 6.14. The van der Waals surface area contributed by atoms with Crippen molar-refractivity contribution in [1.29, 1.82) is 0 Å². The molecular formula is C16H15BrCl2. The summed E-state index contributed by atoms with van der Waals surface area (Å²) in [7, 11) is 0. The van der Waals surface area contributed by atoms with E-state index < -0.39 is 0 Å². The highest BCUT2D eigenvalue weighted by Gasteiger charge is 2.12. The van der Waals surface area contributed by atoms with E-state index in [-0.39, 0.29) is 0 Å². The van der Waals surface area contributed by atoms with Gasteiger partial charge in [-0.15, -0.1) is 0 Å². The monoisotopic (exact) mass is 356 g/mol. The lowest BCUT2D eigenvalue weighted by Crippen LogP contribution is -2.10. The van der Waals surface area contributed by atoms with Crippen molar-refractivity contribution >= 4 is 39.1 Å². The Morgan fingerprint density at radius 1 is 0.947 bits per heavy atom. The highest BCUT2D eigenvalue weighted by Crippen LogP contribution is 2.25. The van der Waals surface area contributed by atoms with Gasteiger partial charge in [-0.25, -0.2) is 0 Å². The van der Waals surface area contributed by atoms with Gasteiger partial charge in [0.25, 0.3) is 0 Å². The van der Waals surface area contributed by atoms with Crippen LogP contribution < -0.4 is 0 Å². The topological polar surface area (TPSA) is 0 Å². The van der Waals surface area contributed by atoms with Crippen LogP contribution >= 0.6 is 39.1 Å². The van der Waals surface area contributed by atoms with E-state index in [1.807, 2.05) is 24.3 Å². The maximum absolute atomic E-state index is 6.23. The van der Waals surface area contributed by atoms with Gasteiger partial charge in [0.05, 0.1) is 0 Å². The lowest BCUT2D eigenvalue weighted by Gasteiger charge is -2.15. The number of hydrogen-bond acceptors (Lipinski definition) is 0. The van der Waals surface area contributed by atoms with Crippen LogP contribution in [0.3, 0.4) is 0 Å². The summed E-state index contributed by atoms with van der Waals surface area (Å²) in [5, 5.41) is 2.49. The van der Waals surface area contributed by atoms with Crippen LogP contribution in [-0.2, 0) is 12.8 Å². The summed E-state index contributed by atoms with van der Waals surface area (Å²) in [5.41, 5.74) is 2.47. The van der Waals surface area contributed by atoms with Crippen LogP contribution in [0.4, 0.5) is 0 Å². The van der Waals surface area contributed by atoms with E-state index in [1.165, 1.54) is 5.56 Å². The molecule has 2 aromatic rings. The Labute approximate surface area is 132 Å². The van der Waals surface area contributed by atoms with Gasteiger partial charge in [0.15, 0.2) is 0 Å². The first-order valence-corrected chi connectivity index (χ1v) is 8.10. The molecule has 1 unspecified atom stereocenters. The first-order chi connectivity index (χ1) is 9.19. The second kappa shape index (κ2) is 7.33. The highest BCUT2D eigenvalue weighted by molar-refractivity contribution is 9.09. The van der Waals surface area contributed by atoms with Crippen LogP contribution in [0.5, 0.6) is 0 Å². The van der Waals surface area contributed by atoms with E-state index in [1.54, 1.807) is 0 Å². The van der Waals surface area contributed by atoms with Crippen LogP contribution in [0.15, 0.2) is 48.5 Å². The molecule has 0 saturated carbocycles. The van der Waals surface area contributed by atoms with Crippen LogP contribution in [0.2, 0.25) is 10.0 Å². The van der Waals surface area contributed by atoms with Crippen molar-refractivity contribution in [3.63, 3.8) is 0 Å². The van der Waals surface area contributed by atoms with Crippen molar-refractivity contribution in [2.75, 3.05) is 5.33 Å². The van der Waals surface area contributed by atoms with Crippen molar-refractivity contribution in [2.24, 2.45) is 5.92 Å². The Morgan fingerprint density at radius 2 is 1.68 bits per heavy atom. The van der Waals surface area contributed by atoms with E-state index in [0.717, 1.165) is 33.8 Å². The van der Waals surface area contributed by atoms with Gasteiger partial charge in [-0.2, -0.15) is 0 Å². The molecule has 0 amide bonds. The van der Waals surface area contributed by atoms with Gasteiger partial charge in [-0.3, -0.25) is 0 Å². The summed E-state index contributed by atoms with van der Waals surface area (Å²) < 4.78 is 0. The zero-order chi connectivity index (χ0) is 13.7. The summed E-state index contributed by atoms with van der Waals surface area (Å²) in [6.07, 6.45) is 1.97. The van der Waals surface area contributed by atoms with Crippen molar-refractivity contribution in [3.05, 3.63) is 69.7 Å². The Morgan fingerprint density at radius 3 is 2.37 bits per heavy atom. The zero-order valence-corrected chi connectivity index (χ0v) is 13.5. The molecule has 0 fully saturated rings. The van der Waals surface area contributed by atoms with Gasteiger partial charge >= 0.3 is 0 Å². The first-order valence-electron chi connectivity index (χ1n) is 6.23. The molecule has 19 heavy (non-hydrogen) atoms. The zero-order valence-electron chi connectivity index (χ0n) is 10.5. The molecule has 0 spiro atoms. The maximum Gasteiger partial charge on any atom is 0.0439 e. The fourth-order valence-electron chi connectivity index (χ4n) is 2.14. The summed E-state index contributed by atoms with van der Waals surface area (Å²) in [4.78, 5) is 0. The van der Waals surface area contributed by atoms with Crippen LogP contribution in [0, 0.1) is 5.92 Å². The molecule has 0 aliphatic heterocycles. The van der Waals surface area contributed by atoms with E-state index in [2.05, 4.69) is 40.2 Å². The van der Waals surface area contributed by atoms with Crippen LogP contribution in [0.1, 0.15) is 11.1 Å². The third-order valence-electron chi connectivity index (χ3n) is 3.10. The number of hydrogen-bond donors (Lipinski definition) is 0. The Bertz CT molecular complexity index is 526. The van der Waals surface area contributed by atoms with E-state index >= 15 is 0 Å². The predicted octanol–water partition coefficient (Wildman–Crippen LogP) is 5.79. The fourth-order valence-corrected chi connectivity index (χ4v) is 2.99. The molecule has 0 aromatic heterocycles. The van der Waals surface area contributed by atoms with E-state index in [9.17, 15) is 0 Å². The molecule has 3 heteroatoms. The Kier molecular flexibility index (Phi) is 5.75. The number of alkyl halides is 1. The molecule has 0 N–H and O–H groups in total. The molecule has 0 radical (unpaired) electrons. The normalized spacial score (nSPS) is 12.4. The molecule has 0 nitrogen and oxygen atoms in total. The molecule has 2 aromatic carbocycles. The predicted molar refractivity (Wildman–Crippen MR) is 87.6 cm³/mol. The third kappa shape index (κ3) is 4.52. The minimum absolute atomic E-state index is 0.512. The van der Waals surface area contributed by atoms with Crippen LogP contribution in [-0.4, -0.2) is 5.33 Å². The molecule has 2 rings (SSSR count). The van der Waals surface area contributed by atoms with Gasteiger partial charge < -0.3 is 0 Å². The number of halogens is 3. The molecule has 0 bridgehead atoms. The van der Waals surface area contributed by atoms with E-state index in [0.29, 0.717) is 5.92 Å². The SMILES string of the molecule is Clc1ccc(Cl)c(CC(CBr)Cc2ccccc2)c1.